The van der Waals surface area contributed by atoms with Gasteiger partial charge in [-0.25, -0.2) is 0 Å². The van der Waals surface area contributed by atoms with Crippen molar-refractivity contribution >= 4 is 35.1 Å². The number of halogens is 2. The van der Waals surface area contributed by atoms with E-state index in [1.165, 1.54) is 6.07 Å². The molecule has 98 valence electrons. The van der Waals surface area contributed by atoms with Crippen molar-refractivity contribution in [2.75, 3.05) is 5.43 Å². The van der Waals surface area contributed by atoms with Crippen LogP contribution in [0.2, 0.25) is 10.0 Å². The number of aryl methyl sites for hydroxylation is 1. The van der Waals surface area contributed by atoms with Crippen LogP contribution in [0.5, 0.6) is 5.75 Å². The number of benzene rings is 2. The van der Waals surface area contributed by atoms with E-state index >= 15 is 0 Å². The van der Waals surface area contributed by atoms with E-state index in [9.17, 15) is 5.11 Å². The smallest absolute Gasteiger partial charge is 0.134 e. The zero-order valence-corrected chi connectivity index (χ0v) is 11.7. The minimum Gasteiger partial charge on any atom is -0.506 e. The van der Waals surface area contributed by atoms with Crippen LogP contribution < -0.4 is 5.43 Å². The van der Waals surface area contributed by atoms with Gasteiger partial charge in [-0.2, -0.15) is 5.10 Å². The Morgan fingerprint density at radius 1 is 1.11 bits per heavy atom. The van der Waals surface area contributed by atoms with Gasteiger partial charge in [0.15, 0.2) is 0 Å². The van der Waals surface area contributed by atoms with E-state index in [0.717, 1.165) is 16.8 Å². The van der Waals surface area contributed by atoms with E-state index < -0.39 is 0 Å². The Morgan fingerprint density at radius 2 is 1.89 bits per heavy atom. The fourth-order valence-electron chi connectivity index (χ4n) is 1.45. The van der Waals surface area contributed by atoms with Crippen LogP contribution in [0, 0.1) is 6.92 Å². The third-order valence-corrected chi connectivity index (χ3v) is 3.26. The maximum absolute atomic E-state index is 9.30. The van der Waals surface area contributed by atoms with E-state index in [1.807, 2.05) is 19.1 Å². The van der Waals surface area contributed by atoms with E-state index in [2.05, 4.69) is 10.5 Å². The van der Waals surface area contributed by atoms with Crippen LogP contribution in [0.25, 0.3) is 0 Å². The zero-order valence-electron chi connectivity index (χ0n) is 10.2. The molecule has 19 heavy (non-hydrogen) atoms. The van der Waals surface area contributed by atoms with Gasteiger partial charge >= 0.3 is 0 Å². The first-order valence-electron chi connectivity index (χ1n) is 5.60. The van der Waals surface area contributed by atoms with Crippen molar-refractivity contribution in [3.8, 4) is 5.75 Å². The second kappa shape index (κ2) is 5.95. The Labute approximate surface area is 121 Å². The lowest BCUT2D eigenvalue weighted by Gasteiger charge is -2.03. The number of phenols is 1. The van der Waals surface area contributed by atoms with Crippen LogP contribution in [0.3, 0.4) is 0 Å². The first-order chi connectivity index (χ1) is 9.06. The molecule has 0 aromatic heterocycles. The summed E-state index contributed by atoms with van der Waals surface area (Å²) in [5.74, 6) is 0.0529. The molecular weight excluding hydrogens is 283 g/mol. The molecule has 0 atom stereocenters. The highest BCUT2D eigenvalue weighted by Gasteiger charge is 1.98. The highest BCUT2D eigenvalue weighted by molar-refractivity contribution is 6.32. The summed E-state index contributed by atoms with van der Waals surface area (Å²) >= 11 is 11.8. The van der Waals surface area contributed by atoms with Gasteiger partial charge < -0.3 is 5.11 Å². The maximum Gasteiger partial charge on any atom is 0.134 e. The maximum atomic E-state index is 9.30. The molecule has 0 fully saturated rings. The molecular formula is C14H12Cl2N2O. The van der Waals surface area contributed by atoms with Crippen molar-refractivity contribution in [3.05, 3.63) is 57.6 Å². The normalized spacial score (nSPS) is 10.9. The topological polar surface area (TPSA) is 44.6 Å². The van der Waals surface area contributed by atoms with Crippen molar-refractivity contribution in [1.29, 1.82) is 0 Å². The van der Waals surface area contributed by atoms with Gasteiger partial charge in [0.05, 0.1) is 16.9 Å². The number of hydrogen-bond donors (Lipinski definition) is 2. The van der Waals surface area contributed by atoms with Gasteiger partial charge in [0.1, 0.15) is 5.75 Å². The average Bonchev–Trinajstić information content (AvgIpc) is 2.38. The van der Waals surface area contributed by atoms with Crippen molar-refractivity contribution in [1.82, 2.24) is 0 Å². The van der Waals surface area contributed by atoms with Gasteiger partial charge in [0.25, 0.3) is 0 Å². The molecule has 2 rings (SSSR count). The van der Waals surface area contributed by atoms with Crippen LogP contribution in [0.1, 0.15) is 11.1 Å². The average molecular weight is 295 g/mol. The van der Waals surface area contributed by atoms with Crippen LogP contribution in [-0.4, -0.2) is 11.3 Å². The number of rotatable bonds is 3. The predicted octanol–water partition coefficient (Wildman–Crippen LogP) is 4.45. The molecule has 0 spiro atoms. The van der Waals surface area contributed by atoms with E-state index in [-0.39, 0.29) is 5.75 Å². The van der Waals surface area contributed by atoms with Crippen LogP contribution in [0.15, 0.2) is 41.5 Å². The highest BCUT2D eigenvalue weighted by Crippen LogP contribution is 2.23. The molecule has 0 heterocycles. The summed E-state index contributed by atoms with van der Waals surface area (Å²) < 4.78 is 0. The zero-order chi connectivity index (χ0) is 13.8. The molecule has 0 saturated carbocycles. The number of phenolic OH excluding ortho intramolecular Hbond substituents is 1. The molecule has 2 aromatic rings. The monoisotopic (exact) mass is 294 g/mol. The quantitative estimate of drug-likeness (QED) is 0.649. The number of aromatic hydroxyl groups is 1. The third kappa shape index (κ3) is 3.63. The van der Waals surface area contributed by atoms with Gasteiger partial charge in [-0.05, 0) is 48.4 Å². The molecule has 0 amide bonds. The minimum absolute atomic E-state index is 0.0529. The number of anilines is 1. The molecule has 0 saturated heterocycles. The second-order valence-corrected chi connectivity index (χ2v) is 4.86. The molecule has 2 aromatic carbocycles. The lowest BCUT2D eigenvalue weighted by Crippen LogP contribution is -1.91. The number of nitrogens with one attached hydrogen (secondary N) is 1. The summed E-state index contributed by atoms with van der Waals surface area (Å²) in [6.07, 6.45) is 1.61. The molecule has 3 nitrogen and oxygen atoms in total. The highest BCUT2D eigenvalue weighted by atomic mass is 35.5. The Kier molecular flexibility index (Phi) is 4.30. The Bertz CT molecular complexity index is 627. The fraction of sp³-hybridized carbons (Fsp3) is 0.0714. The lowest BCUT2D eigenvalue weighted by molar-refractivity contribution is 0.475. The lowest BCUT2D eigenvalue weighted by atomic mass is 10.2. The first kappa shape index (κ1) is 13.7. The summed E-state index contributed by atoms with van der Waals surface area (Å²) in [5, 5.41) is 14.4. The van der Waals surface area contributed by atoms with Crippen LogP contribution in [0.4, 0.5) is 5.69 Å². The Hall–Kier alpha value is -1.71. The molecule has 2 N–H and O–H groups in total. The van der Waals surface area contributed by atoms with Gasteiger partial charge in [-0.15, -0.1) is 0 Å². The molecule has 0 aliphatic heterocycles. The standard InChI is InChI=1S/C14H12Cl2N2O/c1-9-2-4-11(7-12(9)15)18-17-8-10-3-5-14(19)13(16)6-10/h2-8,18-19H,1H3. The number of hydrazone groups is 1. The van der Waals surface area contributed by atoms with Gasteiger partial charge in [0.2, 0.25) is 0 Å². The second-order valence-electron chi connectivity index (χ2n) is 4.04. The van der Waals surface area contributed by atoms with E-state index in [0.29, 0.717) is 10.0 Å². The van der Waals surface area contributed by atoms with Crippen LogP contribution >= 0.6 is 23.2 Å². The third-order valence-electron chi connectivity index (χ3n) is 2.55. The molecule has 0 aliphatic rings. The van der Waals surface area contributed by atoms with Crippen molar-refractivity contribution < 1.29 is 5.11 Å². The first-order valence-corrected chi connectivity index (χ1v) is 6.35. The van der Waals surface area contributed by atoms with E-state index in [1.54, 1.807) is 24.4 Å². The van der Waals surface area contributed by atoms with Crippen molar-refractivity contribution in [3.63, 3.8) is 0 Å². The summed E-state index contributed by atoms with van der Waals surface area (Å²) in [7, 11) is 0. The van der Waals surface area contributed by atoms with E-state index in [4.69, 9.17) is 23.2 Å². The molecule has 0 aliphatic carbocycles. The fourth-order valence-corrected chi connectivity index (χ4v) is 1.82. The summed E-state index contributed by atoms with van der Waals surface area (Å²) in [4.78, 5) is 0. The van der Waals surface area contributed by atoms with Crippen LogP contribution in [-0.2, 0) is 0 Å². The minimum atomic E-state index is 0.0529. The molecule has 5 heteroatoms. The van der Waals surface area contributed by atoms with Crippen molar-refractivity contribution in [2.24, 2.45) is 5.10 Å². The van der Waals surface area contributed by atoms with Gasteiger partial charge in [-0.1, -0.05) is 29.3 Å². The Morgan fingerprint density at radius 3 is 2.58 bits per heavy atom. The molecule has 0 unspecified atom stereocenters. The van der Waals surface area contributed by atoms with Gasteiger partial charge in [-0.3, -0.25) is 5.43 Å². The molecule has 0 radical (unpaired) electrons. The summed E-state index contributed by atoms with van der Waals surface area (Å²) in [5.41, 5.74) is 5.48. The number of hydrogen-bond acceptors (Lipinski definition) is 3. The predicted molar refractivity (Wildman–Crippen MR) is 80.5 cm³/mol. The number of nitrogens with zero attached hydrogens (tertiary/aromatic N) is 1. The Balaban J connectivity index is 2.06. The van der Waals surface area contributed by atoms with Crippen molar-refractivity contribution in [2.45, 2.75) is 6.92 Å². The summed E-state index contributed by atoms with van der Waals surface area (Å²) in [6, 6.07) is 10.5. The molecule has 0 bridgehead atoms. The summed E-state index contributed by atoms with van der Waals surface area (Å²) in [6.45, 7) is 1.94. The van der Waals surface area contributed by atoms with Gasteiger partial charge in [0, 0.05) is 5.02 Å². The SMILES string of the molecule is Cc1ccc(NN=Cc2ccc(O)c(Cl)c2)cc1Cl. The largest absolute Gasteiger partial charge is 0.506 e.